The highest BCUT2D eigenvalue weighted by molar-refractivity contribution is 5.95. The lowest BCUT2D eigenvalue weighted by molar-refractivity contribution is -0.384. The van der Waals surface area contributed by atoms with Crippen LogP contribution in [-0.2, 0) is 0 Å². The SMILES string of the molecule is COc1ccc(C(=O)N/N=C\c2cccc([N+](=O)[O-])c2)cc1. The molecule has 7 heteroatoms. The first-order valence-corrected chi connectivity index (χ1v) is 6.32. The fraction of sp³-hybridized carbons (Fsp3) is 0.0667. The van der Waals surface area contributed by atoms with Crippen LogP contribution in [0.25, 0.3) is 0 Å². The maximum Gasteiger partial charge on any atom is 0.271 e. The Balaban J connectivity index is 2.00. The molecule has 0 saturated heterocycles. The van der Waals surface area contributed by atoms with Gasteiger partial charge in [0, 0.05) is 23.3 Å². The largest absolute Gasteiger partial charge is 0.497 e. The monoisotopic (exact) mass is 299 g/mol. The lowest BCUT2D eigenvalue weighted by atomic mass is 10.2. The van der Waals surface area contributed by atoms with Crippen molar-refractivity contribution in [3.05, 3.63) is 69.8 Å². The fourth-order valence-corrected chi connectivity index (χ4v) is 1.69. The molecule has 0 unspecified atom stereocenters. The van der Waals surface area contributed by atoms with Crippen LogP contribution in [0.15, 0.2) is 53.6 Å². The van der Waals surface area contributed by atoms with Crippen LogP contribution < -0.4 is 10.2 Å². The highest BCUT2D eigenvalue weighted by Gasteiger charge is 2.05. The van der Waals surface area contributed by atoms with Crippen molar-refractivity contribution in [2.24, 2.45) is 5.10 Å². The molecule has 7 nitrogen and oxygen atoms in total. The van der Waals surface area contributed by atoms with Crippen LogP contribution in [0.4, 0.5) is 5.69 Å². The van der Waals surface area contributed by atoms with Gasteiger partial charge in [-0.1, -0.05) is 12.1 Å². The number of hydrazone groups is 1. The van der Waals surface area contributed by atoms with Gasteiger partial charge in [-0.15, -0.1) is 0 Å². The molecular formula is C15H13N3O4. The Morgan fingerprint density at radius 3 is 2.64 bits per heavy atom. The number of ether oxygens (including phenoxy) is 1. The van der Waals surface area contributed by atoms with E-state index in [-0.39, 0.29) is 11.6 Å². The molecule has 0 aliphatic carbocycles. The smallest absolute Gasteiger partial charge is 0.271 e. The van der Waals surface area contributed by atoms with Crippen molar-refractivity contribution in [1.82, 2.24) is 5.43 Å². The molecule has 112 valence electrons. The van der Waals surface area contributed by atoms with E-state index in [4.69, 9.17) is 4.74 Å². The predicted octanol–water partition coefficient (Wildman–Crippen LogP) is 2.37. The van der Waals surface area contributed by atoms with Gasteiger partial charge in [-0.05, 0) is 24.3 Å². The molecule has 2 rings (SSSR count). The number of nitro groups is 1. The van der Waals surface area contributed by atoms with Crippen molar-refractivity contribution in [2.75, 3.05) is 7.11 Å². The van der Waals surface area contributed by atoms with E-state index in [1.165, 1.54) is 18.3 Å². The van der Waals surface area contributed by atoms with Crippen molar-refractivity contribution in [2.45, 2.75) is 0 Å². The van der Waals surface area contributed by atoms with E-state index in [9.17, 15) is 14.9 Å². The average Bonchev–Trinajstić information content (AvgIpc) is 2.55. The minimum absolute atomic E-state index is 0.0366. The summed E-state index contributed by atoms with van der Waals surface area (Å²) in [5.41, 5.74) is 3.26. The number of carbonyl (C=O) groups is 1. The molecule has 0 saturated carbocycles. The van der Waals surface area contributed by atoms with E-state index in [1.54, 1.807) is 43.5 Å². The van der Waals surface area contributed by atoms with E-state index < -0.39 is 4.92 Å². The zero-order valence-corrected chi connectivity index (χ0v) is 11.7. The molecule has 0 heterocycles. The molecule has 2 aromatic carbocycles. The summed E-state index contributed by atoms with van der Waals surface area (Å²) in [5.74, 6) is 0.265. The number of nitro benzene ring substituents is 1. The molecule has 0 fully saturated rings. The van der Waals surface area contributed by atoms with Crippen LogP contribution in [0.3, 0.4) is 0 Å². The maximum atomic E-state index is 11.8. The average molecular weight is 299 g/mol. The summed E-state index contributed by atoms with van der Waals surface area (Å²) in [6.45, 7) is 0. The number of non-ortho nitro benzene ring substituents is 1. The van der Waals surface area contributed by atoms with Crippen molar-refractivity contribution in [3.63, 3.8) is 0 Å². The van der Waals surface area contributed by atoms with Crippen LogP contribution >= 0.6 is 0 Å². The zero-order chi connectivity index (χ0) is 15.9. The molecule has 1 amide bonds. The summed E-state index contributed by atoms with van der Waals surface area (Å²) in [5, 5.41) is 14.4. The summed E-state index contributed by atoms with van der Waals surface area (Å²) >= 11 is 0. The molecule has 1 N–H and O–H groups in total. The molecule has 0 spiro atoms. The van der Waals surface area contributed by atoms with E-state index in [0.29, 0.717) is 16.9 Å². The van der Waals surface area contributed by atoms with Crippen LogP contribution in [0.5, 0.6) is 5.75 Å². The molecular weight excluding hydrogens is 286 g/mol. The van der Waals surface area contributed by atoms with Gasteiger partial charge in [0.25, 0.3) is 11.6 Å². The van der Waals surface area contributed by atoms with Gasteiger partial charge in [0.2, 0.25) is 0 Å². The second kappa shape index (κ2) is 6.98. The molecule has 2 aromatic rings. The number of rotatable bonds is 5. The quantitative estimate of drug-likeness (QED) is 0.521. The summed E-state index contributed by atoms with van der Waals surface area (Å²) in [7, 11) is 1.54. The summed E-state index contributed by atoms with van der Waals surface area (Å²) in [4.78, 5) is 22.0. The van der Waals surface area contributed by atoms with Crippen LogP contribution in [0, 0.1) is 10.1 Å². The molecule has 22 heavy (non-hydrogen) atoms. The number of methoxy groups -OCH3 is 1. The third-order valence-corrected chi connectivity index (χ3v) is 2.81. The number of hydrogen-bond donors (Lipinski definition) is 1. The highest BCUT2D eigenvalue weighted by atomic mass is 16.6. The van der Waals surface area contributed by atoms with Crippen molar-refractivity contribution in [3.8, 4) is 5.75 Å². The number of amides is 1. The van der Waals surface area contributed by atoms with Gasteiger partial charge in [-0.2, -0.15) is 5.10 Å². The number of hydrogen-bond acceptors (Lipinski definition) is 5. The number of nitrogens with zero attached hydrogens (tertiary/aromatic N) is 2. The first kappa shape index (κ1) is 15.2. The standard InChI is InChI=1S/C15H13N3O4/c1-22-14-7-5-12(6-8-14)15(19)17-16-10-11-3-2-4-13(9-11)18(20)21/h2-10H,1H3,(H,17,19)/b16-10-. The summed E-state index contributed by atoms with van der Waals surface area (Å²) in [6.07, 6.45) is 1.34. The van der Waals surface area contributed by atoms with E-state index >= 15 is 0 Å². The van der Waals surface area contributed by atoms with Crippen LogP contribution in [-0.4, -0.2) is 24.2 Å². The molecule has 0 aliphatic heterocycles. The zero-order valence-electron chi connectivity index (χ0n) is 11.7. The van der Waals surface area contributed by atoms with E-state index in [0.717, 1.165) is 0 Å². The lowest BCUT2D eigenvalue weighted by Gasteiger charge is -2.02. The van der Waals surface area contributed by atoms with E-state index in [2.05, 4.69) is 10.5 Å². The van der Waals surface area contributed by atoms with Crippen LogP contribution in [0.2, 0.25) is 0 Å². The Labute approximate surface area is 126 Å². The maximum absolute atomic E-state index is 11.8. The van der Waals surface area contributed by atoms with Gasteiger partial charge in [0.1, 0.15) is 5.75 Å². The second-order valence-corrected chi connectivity index (χ2v) is 4.28. The minimum atomic E-state index is -0.493. The molecule has 0 radical (unpaired) electrons. The Morgan fingerprint density at radius 2 is 2.00 bits per heavy atom. The van der Waals surface area contributed by atoms with Gasteiger partial charge < -0.3 is 4.74 Å². The fourth-order valence-electron chi connectivity index (χ4n) is 1.69. The van der Waals surface area contributed by atoms with Gasteiger partial charge in [-0.25, -0.2) is 5.43 Å². The van der Waals surface area contributed by atoms with E-state index in [1.807, 2.05) is 0 Å². The molecule has 0 atom stereocenters. The molecule has 0 aromatic heterocycles. The Hall–Kier alpha value is -3.22. The Morgan fingerprint density at radius 1 is 1.27 bits per heavy atom. The lowest BCUT2D eigenvalue weighted by Crippen LogP contribution is -2.17. The normalized spacial score (nSPS) is 10.4. The van der Waals surface area contributed by atoms with Crippen molar-refractivity contribution in [1.29, 1.82) is 0 Å². The number of carbonyl (C=O) groups excluding carboxylic acids is 1. The summed E-state index contributed by atoms with van der Waals surface area (Å²) in [6, 6.07) is 12.5. The van der Waals surface area contributed by atoms with Crippen molar-refractivity contribution < 1.29 is 14.5 Å². The van der Waals surface area contributed by atoms with Gasteiger partial charge >= 0.3 is 0 Å². The first-order chi connectivity index (χ1) is 10.6. The Kier molecular flexibility index (Phi) is 4.81. The van der Waals surface area contributed by atoms with Gasteiger partial charge in [-0.3, -0.25) is 14.9 Å². The second-order valence-electron chi connectivity index (χ2n) is 4.28. The summed E-state index contributed by atoms with van der Waals surface area (Å²) < 4.78 is 5.00. The topological polar surface area (TPSA) is 93.8 Å². The third-order valence-electron chi connectivity index (χ3n) is 2.81. The minimum Gasteiger partial charge on any atom is -0.497 e. The van der Waals surface area contributed by atoms with Gasteiger partial charge in [0.15, 0.2) is 0 Å². The van der Waals surface area contributed by atoms with Crippen LogP contribution in [0.1, 0.15) is 15.9 Å². The molecule has 0 aliphatic rings. The first-order valence-electron chi connectivity index (χ1n) is 6.32. The Bertz CT molecular complexity index is 711. The highest BCUT2D eigenvalue weighted by Crippen LogP contribution is 2.12. The third kappa shape index (κ3) is 3.89. The van der Waals surface area contributed by atoms with Crippen molar-refractivity contribution >= 4 is 17.8 Å². The van der Waals surface area contributed by atoms with Gasteiger partial charge in [0.05, 0.1) is 18.2 Å². The number of nitrogens with one attached hydrogen (secondary N) is 1. The number of benzene rings is 2. The molecule has 0 bridgehead atoms. The predicted molar refractivity (Wildman–Crippen MR) is 81.2 cm³/mol.